The highest BCUT2D eigenvalue weighted by atomic mass is 32.2. The summed E-state index contributed by atoms with van der Waals surface area (Å²) in [5.41, 5.74) is 1.42. The number of amides is 1. The molecule has 1 N–H and O–H groups in total. The van der Waals surface area contributed by atoms with Gasteiger partial charge in [-0.1, -0.05) is 18.2 Å². The number of nitrogens with zero attached hydrogens (tertiary/aromatic N) is 2. The highest BCUT2D eigenvalue weighted by Crippen LogP contribution is 2.15. The number of likely N-dealkylation sites (N-methyl/N-ethyl adjacent to an activating group) is 1. The maximum Gasteiger partial charge on any atom is 0.243 e. The number of carbonyl (C=O) groups is 2. The molecule has 1 amide bonds. The number of sulfonamides is 1. The van der Waals surface area contributed by atoms with Crippen LogP contribution < -0.4 is 5.32 Å². The molecule has 8 heteroatoms. The number of hydrogen-bond acceptors (Lipinski definition) is 5. The summed E-state index contributed by atoms with van der Waals surface area (Å²) in [6, 6.07) is 9.36. The second kappa shape index (κ2) is 8.68. The van der Waals surface area contributed by atoms with Gasteiger partial charge < -0.3 is 5.32 Å². The van der Waals surface area contributed by atoms with E-state index in [9.17, 15) is 18.0 Å². The fourth-order valence-corrected chi connectivity index (χ4v) is 3.40. The second-order valence-electron chi connectivity index (χ2n) is 5.80. The van der Waals surface area contributed by atoms with Crippen LogP contribution >= 0.6 is 0 Å². The summed E-state index contributed by atoms with van der Waals surface area (Å²) < 4.78 is 26.0. The molecule has 0 saturated carbocycles. The Hall–Kier alpha value is -2.58. The van der Waals surface area contributed by atoms with Gasteiger partial charge in [-0.3, -0.25) is 14.6 Å². The highest BCUT2D eigenvalue weighted by Gasteiger charge is 2.22. The predicted molar refractivity (Wildman–Crippen MR) is 97.2 cm³/mol. The molecule has 1 aromatic heterocycles. The molecule has 0 aliphatic carbocycles. The van der Waals surface area contributed by atoms with Gasteiger partial charge in [0.05, 0.1) is 11.4 Å². The lowest BCUT2D eigenvalue weighted by Gasteiger charge is -2.17. The Morgan fingerprint density at radius 1 is 1.15 bits per heavy atom. The van der Waals surface area contributed by atoms with Gasteiger partial charge in [-0.05, 0) is 37.1 Å². The topological polar surface area (TPSA) is 96.4 Å². The molecule has 2 rings (SSSR count). The number of carbonyl (C=O) groups excluding carboxylic acids is 2. The first kappa shape index (κ1) is 19.7. The quantitative estimate of drug-likeness (QED) is 0.701. The fraction of sp³-hybridized carbons (Fsp3) is 0.278. The number of nitrogens with one attached hydrogen (secondary N) is 1. The SMILES string of the molecule is CC(=O)c1ccc(S(=O)(=O)N(C)CC(=O)NCCc2cccnc2)cc1. The van der Waals surface area contributed by atoms with Crippen LogP contribution in [0.5, 0.6) is 0 Å². The van der Waals surface area contributed by atoms with Crippen molar-refractivity contribution in [1.82, 2.24) is 14.6 Å². The molecule has 7 nitrogen and oxygen atoms in total. The number of ketones is 1. The highest BCUT2D eigenvalue weighted by molar-refractivity contribution is 7.89. The Morgan fingerprint density at radius 2 is 1.85 bits per heavy atom. The second-order valence-corrected chi connectivity index (χ2v) is 7.85. The third-order valence-electron chi connectivity index (χ3n) is 3.79. The Morgan fingerprint density at radius 3 is 2.42 bits per heavy atom. The van der Waals surface area contributed by atoms with E-state index in [0.717, 1.165) is 9.87 Å². The van der Waals surface area contributed by atoms with Gasteiger partial charge in [0.1, 0.15) is 0 Å². The summed E-state index contributed by atoms with van der Waals surface area (Å²) in [6.45, 7) is 1.51. The number of hydrogen-bond donors (Lipinski definition) is 1. The van der Waals surface area contributed by atoms with E-state index in [1.807, 2.05) is 12.1 Å². The van der Waals surface area contributed by atoms with Crippen molar-refractivity contribution in [3.05, 3.63) is 59.9 Å². The lowest BCUT2D eigenvalue weighted by molar-refractivity contribution is -0.121. The van der Waals surface area contributed by atoms with Crippen LogP contribution in [0.15, 0.2) is 53.7 Å². The van der Waals surface area contributed by atoms with Crippen molar-refractivity contribution >= 4 is 21.7 Å². The molecule has 138 valence electrons. The lowest BCUT2D eigenvalue weighted by Crippen LogP contribution is -2.39. The molecule has 2 aromatic rings. The van der Waals surface area contributed by atoms with Gasteiger partial charge in [0.15, 0.2) is 5.78 Å². The van der Waals surface area contributed by atoms with Gasteiger partial charge >= 0.3 is 0 Å². The van der Waals surface area contributed by atoms with Gasteiger partial charge in [0.25, 0.3) is 0 Å². The van der Waals surface area contributed by atoms with Crippen molar-refractivity contribution in [1.29, 1.82) is 0 Å². The number of Topliss-reactive ketones (excluding diaryl/α,β-unsaturated/α-hetero) is 1. The average Bonchev–Trinajstić information content (AvgIpc) is 2.62. The molecule has 0 spiro atoms. The minimum absolute atomic E-state index is 0.0353. The molecule has 0 saturated heterocycles. The largest absolute Gasteiger partial charge is 0.355 e. The van der Waals surface area contributed by atoms with Crippen LogP contribution in [0.3, 0.4) is 0 Å². The molecular weight excluding hydrogens is 354 g/mol. The summed E-state index contributed by atoms with van der Waals surface area (Å²) in [6.07, 6.45) is 4.00. The number of rotatable bonds is 8. The van der Waals surface area contributed by atoms with Crippen molar-refractivity contribution < 1.29 is 18.0 Å². The zero-order valence-corrected chi connectivity index (χ0v) is 15.5. The van der Waals surface area contributed by atoms with Gasteiger partial charge in [-0.25, -0.2) is 8.42 Å². The van der Waals surface area contributed by atoms with Crippen molar-refractivity contribution in [3.63, 3.8) is 0 Å². The van der Waals surface area contributed by atoms with Gasteiger partial charge in [-0.2, -0.15) is 4.31 Å². The third kappa shape index (κ3) is 5.21. The Bertz CT molecular complexity index is 865. The molecule has 0 aliphatic rings. The van der Waals surface area contributed by atoms with E-state index < -0.39 is 10.0 Å². The summed E-state index contributed by atoms with van der Waals surface area (Å²) in [5.74, 6) is -0.532. The van der Waals surface area contributed by atoms with Crippen LogP contribution in [0, 0.1) is 0 Å². The number of benzene rings is 1. The van der Waals surface area contributed by atoms with Crippen molar-refractivity contribution in [2.75, 3.05) is 20.1 Å². The molecule has 0 bridgehead atoms. The summed E-state index contributed by atoms with van der Waals surface area (Å²) >= 11 is 0. The summed E-state index contributed by atoms with van der Waals surface area (Å²) in [4.78, 5) is 27.3. The van der Waals surface area contributed by atoms with Crippen LogP contribution in [0.25, 0.3) is 0 Å². The van der Waals surface area contributed by atoms with Crippen molar-refractivity contribution in [3.8, 4) is 0 Å². The van der Waals surface area contributed by atoms with E-state index in [0.29, 0.717) is 18.5 Å². The standard InChI is InChI=1S/C18H21N3O4S/c1-14(22)16-5-7-17(8-6-16)26(24,25)21(2)13-18(23)20-11-9-15-4-3-10-19-12-15/h3-8,10,12H,9,11,13H2,1-2H3,(H,20,23). The van der Waals surface area contributed by atoms with E-state index in [1.165, 1.54) is 38.2 Å². The zero-order valence-electron chi connectivity index (χ0n) is 14.7. The number of aromatic nitrogens is 1. The molecule has 26 heavy (non-hydrogen) atoms. The van der Waals surface area contributed by atoms with Crippen molar-refractivity contribution in [2.24, 2.45) is 0 Å². The zero-order chi connectivity index (χ0) is 19.2. The minimum Gasteiger partial charge on any atom is -0.355 e. The monoisotopic (exact) mass is 375 g/mol. The Balaban J connectivity index is 1.91. The van der Waals surface area contributed by atoms with Gasteiger partial charge in [-0.15, -0.1) is 0 Å². The van der Waals surface area contributed by atoms with E-state index in [4.69, 9.17) is 0 Å². The van der Waals surface area contributed by atoms with E-state index >= 15 is 0 Å². The molecule has 0 atom stereocenters. The fourth-order valence-electron chi connectivity index (χ4n) is 2.28. The van der Waals surface area contributed by atoms with E-state index in [-0.39, 0.29) is 23.1 Å². The maximum atomic E-state index is 12.5. The molecular formula is C18H21N3O4S. The molecule has 0 fully saturated rings. The summed E-state index contributed by atoms with van der Waals surface area (Å²) in [5, 5.41) is 2.69. The Labute approximate surface area is 153 Å². The smallest absolute Gasteiger partial charge is 0.243 e. The Kier molecular flexibility index (Phi) is 6.59. The number of pyridine rings is 1. The summed E-state index contributed by atoms with van der Waals surface area (Å²) in [7, 11) is -2.46. The third-order valence-corrected chi connectivity index (χ3v) is 5.61. The minimum atomic E-state index is -3.80. The molecule has 1 heterocycles. The van der Waals surface area contributed by atoms with E-state index in [1.54, 1.807) is 12.4 Å². The van der Waals surface area contributed by atoms with Gasteiger partial charge in [0, 0.05) is 31.5 Å². The molecule has 0 radical (unpaired) electrons. The molecule has 0 aliphatic heterocycles. The van der Waals surface area contributed by atoms with Crippen molar-refractivity contribution in [2.45, 2.75) is 18.2 Å². The lowest BCUT2D eigenvalue weighted by atomic mass is 10.2. The average molecular weight is 375 g/mol. The van der Waals surface area contributed by atoms with Gasteiger partial charge in [0.2, 0.25) is 15.9 Å². The first-order valence-corrected chi connectivity index (χ1v) is 9.47. The first-order chi connectivity index (χ1) is 12.3. The van der Waals surface area contributed by atoms with Crippen LogP contribution in [-0.2, 0) is 21.2 Å². The van der Waals surface area contributed by atoms with Crippen LogP contribution in [0.1, 0.15) is 22.8 Å². The maximum absolute atomic E-state index is 12.5. The van der Waals surface area contributed by atoms with Crippen LogP contribution in [0.4, 0.5) is 0 Å². The molecule has 1 aromatic carbocycles. The normalized spacial score (nSPS) is 11.3. The van der Waals surface area contributed by atoms with E-state index in [2.05, 4.69) is 10.3 Å². The van der Waals surface area contributed by atoms with Crippen LogP contribution in [-0.4, -0.2) is 49.5 Å². The predicted octanol–water partition coefficient (Wildman–Crippen LogP) is 1.26. The first-order valence-electron chi connectivity index (χ1n) is 8.03. The van der Waals surface area contributed by atoms with Crippen LogP contribution in [0.2, 0.25) is 0 Å². The molecule has 0 unspecified atom stereocenters.